The molecule has 1 aliphatic rings. The van der Waals surface area contributed by atoms with Crippen LogP contribution < -0.4 is 26.2 Å². The van der Waals surface area contributed by atoms with E-state index in [0.717, 1.165) is 0 Å². The number of carbonyl (C=O) groups is 1. The summed E-state index contributed by atoms with van der Waals surface area (Å²) in [6.45, 7) is 3.39. The minimum atomic E-state index is -4.74. The molecule has 0 saturated heterocycles. The molecule has 0 atom stereocenters. The van der Waals surface area contributed by atoms with E-state index in [1.165, 1.54) is 26.5 Å². The minimum absolute atomic E-state index is 0.133. The van der Waals surface area contributed by atoms with Crippen LogP contribution in [0.4, 0.5) is 36.3 Å². The van der Waals surface area contributed by atoms with E-state index >= 15 is 0 Å². The zero-order valence-corrected chi connectivity index (χ0v) is 20.5. The van der Waals surface area contributed by atoms with Crippen LogP contribution in [0.5, 0.6) is 5.75 Å². The Kier molecular flexibility index (Phi) is 6.92. The molecule has 2 heterocycles. The number of carbonyl (C=O) groups excluding carboxylic acids is 1. The Morgan fingerprint density at radius 2 is 1.86 bits per heavy atom. The fourth-order valence-electron chi connectivity index (χ4n) is 3.80. The Hall–Kier alpha value is -3.63. The Labute approximate surface area is 204 Å². The summed E-state index contributed by atoms with van der Waals surface area (Å²) in [5, 5.41) is 5.96. The molecule has 1 amide bonds. The van der Waals surface area contributed by atoms with Gasteiger partial charge in [0.2, 0.25) is 5.95 Å². The number of amides is 1. The monoisotopic (exact) mass is 521 g/mol. The van der Waals surface area contributed by atoms with Gasteiger partial charge in [0.25, 0.3) is 5.91 Å². The molecule has 0 fully saturated rings. The van der Waals surface area contributed by atoms with Gasteiger partial charge in [0.05, 0.1) is 25.1 Å². The smallest absolute Gasteiger partial charge is 0.421 e. The summed E-state index contributed by atoms with van der Waals surface area (Å²) in [7, 11) is -1.49. The van der Waals surface area contributed by atoms with E-state index in [4.69, 9.17) is 4.74 Å². The Morgan fingerprint density at radius 3 is 2.56 bits per heavy atom. The van der Waals surface area contributed by atoms with Crippen molar-refractivity contribution in [1.82, 2.24) is 15.4 Å². The molecule has 1 aromatic heterocycles. The summed E-state index contributed by atoms with van der Waals surface area (Å²) < 4.78 is 59.6. The number of nitrogens with zero attached hydrogens (tertiary/aromatic N) is 2. The number of alkyl halides is 3. The van der Waals surface area contributed by atoms with Crippen molar-refractivity contribution in [3.05, 3.63) is 59.3 Å². The third-order valence-electron chi connectivity index (χ3n) is 5.38. The molecule has 0 bridgehead atoms. The average molecular weight is 521 g/mol. The van der Waals surface area contributed by atoms with Crippen molar-refractivity contribution in [2.75, 3.05) is 37.7 Å². The lowest BCUT2D eigenvalue weighted by atomic mass is 10.0. The van der Waals surface area contributed by atoms with Crippen molar-refractivity contribution in [2.24, 2.45) is 0 Å². The molecule has 0 radical (unpaired) electrons. The standard InChI is InChI=1S/C23H23F3N5O4P/c1-34-31-21(32)14-8-9-17(19-13(14)10-11-35-19)29-22-27-12-15(23(24,25)26)20(30-22)28-16-6-4-5-7-18(16)36(2,3)33/h4-9,12H,10-11H2,1-3H3,(H,31,32)(H2,27,28,29,30). The third-order valence-corrected chi connectivity index (χ3v) is 6.93. The van der Waals surface area contributed by atoms with E-state index in [2.05, 4.69) is 30.9 Å². The molecular weight excluding hydrogens is 498 g/mol. The second-order valence-corrected chi connectivity index (χ2v) is 11.5. The number of fused-ring (bicyclic) bond motifs is 1. The van der Waals surface area contributed by atoms with Gasteiger partial charge in [0, 0.05) is 29.0 Å². The summed E-state index contributed by atoms with van der Waals surface area (Å²) in [5.74, 6) is -0.716. The van der Waals surface area contributed by atoms with Gasteiger partial charge in [-0.1, -0.05) is 12.1 Å². The number of ether oxygens (including phenoxy) is 1. The average Bonchev–Trinajstić information content (AvgIpc) is 3.29. The Morgan fingerprint density at radius 1 is 1.11 bits per heavy atom. The number of rotatable bonds is 7. The van der Waals surface area contributed by atoms with Gasteiger partial charge >= 0.3 is 6.18 Å². The van der Waals surface area contributed by atoms with Crippen molar-refractivity contribution in [1.29, 1.82) is 0 Å². The minimum Gasteiger partial charge on any atom is -0.491 e. The second-order valence-electron chi connectivity index (χ2n) is 8.27. The van der Waals surface area contributed by atoms with Gasteiger partial charge in [-0.2, -0.15) is 18.2 Å². The maximum atomic E-state index is 13.7. The van der Waals surface area contributed by atoms with E-state index in [-0.39, 0.29) is 11.6 Å². The maximum Gasteiger partial charge on any atom is 0.421 e. The van der Waals surface area contributed by atoms with Crippen molar-refractivity contribution in [3.8, 4) is 5.75 Å². The number of halogens is 3. The van der Waals surface area contributed by atoms with Crippen molar-refractivity contribution < 1.29 is 32.1 Å². The van der Waals surface area contributed by atoms with Gasteiger partial charge in [-0.15, -0.1) is 0 Å². The first kappa shape index (κ1) is 25.5. The number of para-hydroxylation sites is 1. The molecule has 9 nitrogen and oxygen atoms in total. The van der Waals surface area contributed by atoms with Crippen LogP contribution in [0.15, 0.2) is 42.6 Å². The molecule has 0 unspecified atom stereocenters. The number of nitrogens with one attached hydrogen (secondary N) is 3. The summed E-state index contributed by atoms with van der Waals surface area (Å²) in [5.41, 5.74) is 2.77. The van der Waals surface area contributed by atoms with Crippen molar-refractivity contribution in [2.45, 2.75) is 12.6 Å². The quantitative estimate of drug-likeness (QED) is 0.309. The molecule has 1 aliphatic heterocycles. The lowest BCUT2D eigenvalue weighted by molar-refractivity contribution is -0.137. The van der Waals surface area contributed by atoms with E-state index in [1.807, 2.05) is 0 Å². The molecule has 3 aromatic rings. The number of benzene rings is 2. The first-order chi connectivity index (χ1) is 17.0. The van der Waals surface area contributed by atoms with Crippen LogP contribution in [0, 0.1) is 0 Å². The fraction of sp³-hybridized carbons (Fsp3) is 0.261. The molecule has 4 rings (SSSR count). The highest BCUT2D eigenvalue weighted by Gasteiger charge is 2.36. The SMILES string of the molecule is CONC(=O)c1ccc(Nc2ncc(C(F)(F)F)c(Nc3ccccc3P(C)(C)=O)n2)c2c1CCO2. The lowest BCUT2D eigenvalue weighted by Crippen LogP contribution is -2.23. The number of hydroxylamine groups is 1. The normalized spacial score (nSPS) is 13.1. The molecule has 190 valence electrons. The van der Waals surface area contributed by atoms with E-state index in [0.29, 0.717) is 47.1 Å². The van der Waals surface area contributed by atoms with Crippen LogP contribution in [0.3, 0.4) is 0 Å². The van der Waals surface area contributed by atoms with Crippen LogP contribution in [-0.4, -0.2) is 42.9 Å². The molecule has 0 spiro atoms. The van der Waals surface area contributed by atoms with Crippen molar-refractivity contribution >= 4 is 41.5 Å². The molecule has 2 aromatic carbocycles. The molecule has 13 heteroatoms. The molecular formula is C23H23F3N5O4P. The summed E-state index contributed by atoms with van der Waals surface area (Å²) in [6, 6.07) is 9.51. The number of hydrogen-bond donors (Lipinski definition) is 3. The first-order valence-electron chi connectivity index (χ1n) is 10.7. The predicted octanol–water partition coefficient (Wildman–Crippen LogP) is 4.46. The van der Waals surface area contributed by atoms with Gasteiger partial charge < -0.3 is 19.9 Å². The van der Waals surface area contributed by atoms with Crippen LogP contribution in [0.1, 0.15) is 21.5 Å². The maximum absolute atomic E-state index is 13.7. The van der Waals surface area contributed by atoms with Gasteiger partial charge in [-0.3, -0.25) is 9.63 Å². The molecule has 36 heavy (non-hydrogen) atoms. The van der Waals surface area contributed by atoms with Crippen LogP contribution in [-0.2, 0) is 22.0 Å². The van der Waals surface area contributed by atoms with Gasteiger partial charge in [-0.05, 0) is 37.6 Å². The van der Waals surface area contributed by atoms with Crippen LogP contribution in [0.25, 0.3) is 0 Å². The highest BCUT2D eigenvalue weighted by molar-refractivity contribution is 7.70. The predicted molar refractivity (Wildman–Crippen MR) is 129 cm³/mol. The Bertz CT molecular complexity index is 1360. The fourth-order valence-corrected chi connectivity index (χ4v) is 4.95. The topological polar surface area (TPSA) is 114 Å². The number of hydrogen-bond acceptors (Lipinski definition) is 8. The van der Waals surface area contributed by atoms with Gasteiger partial charge in [0.15, 0.2) is 0 Å². The lowest BCUT2D eigenvalue weighted by Gasteiger charge is -2.18. The van der Waals surface area contributed by atoms with Gasteiger partial charge in [-0.25, -0.2) is 10.5 Å². The molecule has 0 saturated carbocycles. The largest absolute Gasteiger partial charge is 0.491 e. The van der Waals surface area contributed by atoms with Crippen molar-refractivity contribution in [3.63, 3.8) is 0 Å². The van der Waals surface area contributed by atoms with E-state index < -0.39 is 30.6 Å². The third kappa shape index (κ3) is 5.29. The van der Waals surface area contributed by atoms with E-state index in [9.17, 15) is 22.5 Å². The summed E-state index contributed by atoms with van der Waals surface area (Å²) in [6.07, 6.45) is -3.61. The summed E-state index contributed by atoms with van der Waals surface area (Å²) in [4.78, 5) is 24.8. The highest BCUT2D eigenvalue weighted by Crippen LogP contribution is 2.41. The Balaban J connectivity index is 1.72. The molecule has 0 aliphatic carbocycles. The van der Waals surface area contributed by atoms with Gasteiger partial charge in [0.1, 0.15) is 24.3 Å². The van der Waals surface area contributed by atoms with Crippen LogP contribution >= 0.6 is 7.14 Å². The first-order valence-corrected chi connectivity index (χ1v) is 13.3. The van der Waals surface area contributed by atoms with E-state index in [1.54, 1.807) is 30.3 Å². The summed E-state index contributed by atoms with van der Waals surface area (Å²) >= 11 is 0. The number of aromatic nitrogens is 2. The van der Waals surface area contributed by atoms with Crippen LogP contribution in [0.2, 0.25) is 0 Å². The second kappa shape index (κ2) is 9.79. The zero-order chi connectivity index (χ0) is 26.1. The number of anilines is 4. The zero-order valence-electron chi connectivity index (χ0n) is 19.6. The molecule has 3 N–H and O–H groups in total. The highest BCUT2D eigenvalue weighted by atomic mass is 31.2.